The van der Waals surface area contributed by atoms with Crippen molar-refractivity contribution in [3.8, 4) is 0 Å². The van der Waals surface area contributed by atoms with Gasteiger partial charge in [-0.15, -0.1) is 11.3 Å². The predicted molar refractivity (Wildman–Crippen MR) is 91.9 cm³/mol. The van der Waals surface area contributed by atoms with Gasteiger partial charge in [-0.1, -0.05) is 58.0 Å². The molecule has 0 atom stereocenters. The minimum Gasteiger partial charge on any atom is -0.423 e. The Morgan fingerprint density at radius 2 is 1.40 bits per heavy atom. The molecule has 2 nitrogen and oxygen atoms in total. The molecule has 20 heavy (non-hydrogen) atoms. The highest BCUT2D eigenvalue weighted by molar-refractivity contribution is 7.25. The van der Waals surface area contributed by atoms with Gasteiger partial charge in [0.25, 0.3) is 0 Å². The van der Waals surface area contributed by atoms with Gasteiger partial charge in [0.05, 0.1) is 0 Å². The van der Waals surface area contributed by atoms with Crippen molar-refractivity contribution < 1.29 is 10.0 Å². The maximum atomic E-state index is 9.12. The van der Waals surface area contributed by atoms with E-state index in [2.05, 4.69) is 12.1 Å². The Morgan fingerprint density at radius 3 is 2.05 bits per heavy atom. The highest BCUT2D eigenvalue weighted by Crippen LogP contribution is 2.32. The minimum atomic E-state index is -1.39. The van der Waals surface area contributed by atoms with Crippen molar-refractivity contribution in [1.29, 1.82) is 0 Å². The zero-order valence-corrected chi connectivity index (χ0v) is 13.2. The molecule has 0 unspecified atom stereocenters. The van der Waals surface area contributed by atoms with Crippen molar-refractivity contribution in [3.63, 3.8) is 0 Å². The first-order valence-electron chi connectivity index (χ1n) is 7.03. The van der Waals surface area contributed by atoms with Crippen molar-refractivity contribution in [2.24, 2.45) is 0 Å². The Morgan fingerprint density at radius 1 is 0.800 bits per heavy atom. The van der Waals surface area contributed by atoms with Crippen LogP contribution in [0.1, 0.15) is 27.7 Å². The largest absolute Gasteiger partial charge is 0.488 e. The van der Waals surface area contributed by atoms with Crippen molar-refractivity contribution in [1.82, 2.24) is 0 Å². The van der Waals surface area contributed by atoms with E-state index in [1.54, 1.807) is 17.4 Å². The summed E-state index contributed by atoms with van der Waals surface area (Å²) in [6.07, 6.45) is 0. The number of thiophene rings is 1. The number of rotatable bonds is 1. The van der Waals surface area contributed by atoms with Gasteiger partial charge in [-0.05, 0) is 17.6 Å². The number of hydrogen-bond donors (Lipinski definition) is 2. The lowest BCUT2D eigenvalue weighted by atomic mass is 9.80. The normalized spacial score (nSPS) is 9.50. The molecule has 0 amide bonds. The molecule has 0 saturated heterocycles. The molecular weight excluding hydrogens is 267 g/mol. The first-order chi connectivity index (χ1) is 9.75. The summed E-state index contributed by atoms with van der Waals surface area (Å²) in [6, 6.07) is 13.7. The third kappa shape index (κ3) is 3.39. The van der Waals surface area contributed by atoms with Crippen LogP contribution in [0.15, 0.2) is 42.5 Å². The molecule has 2 N–H and O–H groups in total. The SMILES string of the molecule is CC.CC.OB(O)c1ccc2c(c1)sc1ccccc12. The summed E-state index contributed by atoms with van der Waals surface area (Å²) in [4.78, 5) is 0. The van der Waals surface area contributed by atoms with Gasteiger partial charge < -0.3 is 10.0 Å². The van der Waals surface area contributed by atoms with Crippen LogP contribution < -0.4 is 5.46 Å². The lowest BCUT2D eigenvalue weighted by molar-refractivity contribution is 0.426. The second-order valence-corrected chi connectivity index (χ2v) is 4.81. The van der Waals surface area contributed by atoms with Gasteiger partial charge in [0.1, 0.15) is 0 Å². The molecule has 0 aliphatic rings. The molecule has 1 aromatic heterocycles. The van der Waals surface area contributed by atoms with Gasteiger partial charge in [-0.25, -0.2) is 0 Å². The Kier molecular flexibility index (Phi) is 6.72. The summed E-state index contributed by atoms with van der Waals surface area (Å²) in [6.45, 7) is 8.00. The number of fused-ring (bicyclic) bond motifs is 3. The Bertz CT molecular complexity index is 662. The van der Waals surface area contributed by atoms with Gasteiger partial charge in [-0.2, -0.15) is 0 Å². The fraction of sp³-hybridized carbons (Fsp3) is 0.250. The maximum absolute atomic E-state index is 9.12. The summed E-state index contributed by atoms with van der Waals surface area (Å²) in [7, 11) is -1.39. The lowest BCUT2D eigenvalue weighted by Gasteiger charge is -1.98. The second kappa shape index (κ2) is 8.05. The Balaban J connectivity index is 0.000000461. The van der Waals surface area contributed by atoms with Crippen LogP contribution in [-0.4, -0.2) is 17.2 Å². The number of hydrogen-bond acceptors (Lipinski definition) is 3. The highest BCUT2D eigenvalue weighted by atomic mass is 32.1. The van der Waals surface area contributed by atoms with E-state index in [4.69, 9.17) is 10.0 Å². The van der Waals surface area contributed by atoms with E-state index in [1.807, 2.05) is 52.0 Å². The average molecular weight is 288 g/mol. The maximum Gasteiger partial charge on any atom is 0.488 e. The molecule has 0 fully saturated rings. The molecule has 4 heteroatoms. The quantitative estimate of drug-likeness (QED) is 0.669. The zero-order chi connectivity index (χ0) is 15.1. The molecule has 0 spiro atoms. The minimum absolute atomic E-state index is 0.541. The average Bonchev–Trinajstić information content (AvgIpc) is 2.89. The lowest BCUT2D eigenvalue weighted by Crippen LogP contribution is -2.29. The van der Waals surface area contributed by atoms with E-state index >= 15 is 0 Å². The van der Waals surface area contributed by atoms with E-state index in [0.29, 0.717) is 5.46 Å². The van der Waals surface area contributed by atoms with E-state index in [9.17, 15) is 0 Å². The molecular formula is C16H21BO2S. The van der Waals surface area contributed by atoms with Gasteiger partial charge in [0, 0.05) is 20.2 Å². The summed E-state index contributed by atoms with van der Waals surface area (Å²) in [5, 5.41) is 20.6. The standard InChI is InChI=1S/C12H9BO2S.2C2H6/c14-13(15)8-5-6-10-9-3-1-2-4-11(9)16-12(10)7-8;2*1-2/h1-7,14-15H;2*1-2H3. The van der Waals surface area contributed by atoms with E-state index in [1.165, 1.54) is 15.5 Å². The van der Waals surface area contributed by atoms with E-state index in [-0.39, 0.29) is 0 Å². The third-order valence-electron chi connectivity index (χ3n) is 2.70. The molecule has 0 aliphatic carbocycles. The van der Waals surface area contributed by atoms with E-state index < -0.39 is 7.12 Å². The first-order valence-corrected chi connectivity index (χ1v) is 7.85. The van der Waals surface area contributed by atoms with E-state index in [0.717, 1.165) is 4.70 Å². The summed E-state index contributed by atoms with van der Waals surface area (Å²) in [5.41, 5.74) is 0.541. The van der Waals surface area contributed by atoms with Gasteiger partial charge in [0.15, 0.2) is 0 Å². The molecule has 3 aromatic rings. The molecule has 0 saturated carbocycles. The fourth-order valence-electron chi connectivity index (χ4n) is 1.90. The second-order valence-electron chi connectivity index (χ2n) is 3.73. The Labute approximate surface area is 124 Å². The molecule has 0 bridgehead atoms. The molecule has 0 radical (unpaired) electrons. The summed E-state index contributed by atoms with van der Waals surface area (Å²) >= 11 is 1.67. The topological polar surface area (TPSA) is 40.5 Å². The first kappa shape index (κ1) is 16.7. The predicted octanol–water partition coefficient (Wildman–Crippen LogP) is 3.79. The van der Waals surface area contributed by atoms with Crippen molar-refractivity contribution in [2.45, 2.75) is 27.7 Å². The van der Waals surface area contributed by atoms with Crippen LogP contribution in [0.25, 0.3) is 20.2 Å². The van der Waals surface area contributed by atoms with Crippen LogP contribution in [-0.2, 0) is 0 Å². The number of benzene rings is 2. The molecule has 1 heterocycles. The summed E-state index contributed by atoms with van der Waals surface area (Å²) in [5.74, 6) is 0. The smallest absolute Gasteiger partial charge is 0.423 e. The molecule has 2 aromatic carbocycles. The molecule has 3 rings (SSSR count). The van der Waals surface area contributed by atoms with Crippen LogP contribution in [0.3, 0.4) is 0 Å². The van der Waals surface area contributed by atoms with Crippen molar-refractivity contribution in [2.75, 3.05) is 0 Å². The van der Waals surface area contributed by atoms with Crippen molar-refractivity contribution >= 4 is 44.1 Å². The molecule has 0 aliphatic heterocycles. The van der Waals surface area contributed by atoms with Gasteiger partial charge >= 0.3 is 7.12 Å². The third-order valence-corrected chi connectivity index (χ3v) is 3.83. The van der Waals surface area contributed by atoms with Crippen molar-refractivity contribution in [3.05, 3.63) is 42.5 Å². The van der Waals surface area contributed by atoms with Crippen LogP contribution in [0.5, 0.6) is 0 Å². The van der Waals surface area contributed by atoms with Crippen LogP contribution in [0, 0.1) is 0 Å². The Hall–Kier alpha value is -1.36. The highest BCUT2D eigenvalue weighted by Gasteiger charge is 2.12. The van der Waals surface area contributed by atoms with Gasteiger partial charge in [0.2, 0.25) is 0 Å². The van der Waals surface area contributed by atoms with Crippen LogP contribution in [0.2, 0.25) is 0 Å². The van der Waals surface area contributed by atoms with Crippen LogP contribution in [0.4, 0.5) is 0 Å². The monoisotopic (exact) mass is 288 g/mol. The fourth-order valence-corrected chi connectivity index (χ4v) is 3.06. The van der Waals surface area contributed by atoms with Gasteiger partial charge in [-0.3, -0.25) is 0 Å². The zero-order valence-electron chi connectivity index (χ0n) is 12.4. The van der Waals surface area contributed by atoms with Crippen LogP contribution >= 0.6 is 11.3 Å². The molecule has 106 valence electrons. The summed E-state index contributed by atoms with van der Waals surface area (Å²) < 4.78 is 2.31.